The summed E-state index contributed by atoms with van der Waals surface area (Å²) >= 11 is 0. The van der Waals surface area contributed by atoms with Crippen LogP contribution >= 0.6 is 0 Å². The molecule has 0 aromatic rings. The number of nitrogens with zero attached hydrogens (tertiary/aromatic N) is 1. The summed E-state index contributed by atoms with van der Waals surface area (Å²) in [6, 6.07) is 0.685. The maximum absolute atomic E-state index is 2.18. The minimum atomic E-state index is 0.685. The van der Waals surface area contributed by atoms with Gasteiger partial charge < -0.3 is 4.90 Å². The number of hydrogen-bond acceptors (Lipinski definition) is 1. The normalized spacial score (nSPS) is 9.60. The predicted molar refractivity (Wildman–Crippen MR) is 49.4 cm³/mol. The molecular weight excluding hydrogens is 122 g/mol. The SMILES string of the molecule is CC(C)N(C)C.CCCC. The fourth-order valence-corrected chi connectivity index (χ4v) is 0. The van der Waals surface area contributed by atoms with Crippen molar-refractivity contribution in [2.75, 3.05) is 14.1 Å². The molecule has 0 rings (SSSR count). The average molecular weight is 145 g/mol. The van der Waals surface area contributed by atoms with Crippen molar-refractivity contribution in [1.82, 2.24) is 4.90 Å². The lowest BCUT2D eigenvalue weighted by molar-refractivity contribution is 0.335. The first-order chi connectivity index (χ1) is 4.56. The molecule has 0 N–H and O–H groups in total. The standard InChI is InChI=1S/C5H13N.C4H10/c1-5(2)6(3)4;1-3-4-2/h5H,1-4H3;3-4H2,1-2H3. The van der Waals surface area contributed by atoms with Crippen LogP contribution in [0.2, 0.25) is 0 Å². The van der Waals surface area contributed by atoms with Gasteiger partial charge in [0.25, 0.3) is 0 Å². The molecule has 0 amide bonds. The van der Waals surface area contributed by atoms with Crippen LogP contribution in [-0.2, 0) is 0 Å². The Morgan fingerprint density at radius 2 is 1.20 bits per heavy atom. The molecule has 0 fully saturated rings. The van der Waals surface area contributed by atoms with Crippen molar-refractivity contribution in [2.45, 2.75) is 46.6 Å². The fraction of sp³-hybridized carbons (Fsp3) is 1.00. The van der Waals surface area contributed by atoms with E-state index in [4.69, 9.17) is 0 Å². The highest BCUT2D eigenvalue weighted by atomic mass is 15.1. The Labute approximate surface area is 66.4 Å². The van der Waals surface area contributed by atoms with E-state index in [1.165, 1.54) is 12.8 Å². The second-order valence-corrected chi connectivity index (χ2v) is 3.06. The van der Waals surface area contributed by atoms with Gasteiger partial charge in [0.2, 0.25) is 0 Å². The van der Waals surface area contributed by atoms with E-state index in [0.29, 0.717) is 6.04 Å². The summed E-state index contributed by atoms with van der Waals surface area (Å²) in [5.74, 6) is 0. The first kappa shape index (κ1) is 12.6. The van der Waals surface area contributed by atoms with Crippen LogP contribution in [0.4, 0.5) is 0 Å². The summed E-state index contributed by atoms with van der Waals surface area (Å²) in [6.45, 7) is 8.69. The molecule has 0 heterocycles. The zero-order valence-electron chi connectivity index (χ0n) is 8.44. The van der Waals surface area contributed by atoms with Crippen LogP contribution in [0.25, 0.3) is 0 Å². The van der Waals surface area contributed by atoms with Crippen LogP contribution in [-0.4, -0.2) is 25.0 Å². The Bertz CT molecular complexity index is 40.7. The van der Waals surface area contributed by atoms with Gasteiger partial charge in [0.1, 0.15) is 0 Å². The van der Waals surface area contributed by atoms with Gasteiger partial charge in [-0.1, -0.05) is 26.7 Å². The van der Waals surface area contributed by atoms with Crippen molar-refractivity contribution in [2.24, 2.45) is 0 Å². The molecule has 0 bridgehead atoms. The van der Waals surface area contributed by atoms with Crippen molar-refractivity contribution in [3.05, 3.63) is 0 Å². The van der Waals surface area contributed by atoms with Gasteiger partial charge >= 0.3 is 0 Å². The topological polar surface area (TPSA) is 3.24 Å². The zero-order valence-corrected chi connectivity index (χ0v) is 8.44. The van der Waals surface area contributed by atoms with Gasteiger partial charge in [0.05, 0.1) is 0 Å². The van der Waals surface area contributed by atoms with E-state index in [2.05, 4.69) is 46.7 Å². The van der Waals surface area contributed by atoms with Crippen molar-refractivity contribution >= 4 is 0 Å². The Morgan fingerprint density at radius 1 is 1.00 bits per heavy atom. The molecule has 0 atom stereocenters. The third-order valence-electron chi connectivity index (χ3n) is 1.53. The van der Waals surface area contributed by atoms with Crippen LogP contribution in [0.3, 0.4) is 0 Å². The lowest BCUT2D eigenvalue weighted by Gasteiger charge is -2.12. The summed E-state index contributed by atoms with van der Waals surface area (Å²) < 4.78 is 0. The fourth-order valence-electron chi connectivity index (χ4n) is 0. The zero-order chi connectivity index (χ0) is 8.57. The first-order valence-electron chi connectivity index (χ1n) is 4.22. The highest BCUT2D eigenvalue weighted by molar-refractivity contribution is 4.46. The van der Waals surface area contributed by atoms with Gasteiger partial charge in [0.15, 0.2) is 0 Å². The summed E-state index contributed by atoms with van der Waals surface area (Å²) in [5, 5.41) is 0. The molecule has 0 spiro atoms. The molecule has 0 aromatic heterocycles. The average Bonchev–Trinajstić information content (AvgIpc) is 1.89. The Morgan fingerprint density at radius 3 is 1.20 bits per heavy atom. The molecular formula is C9H23N. The summed E-state index contributed by atoms with van der Waals surface area (Å²) in [6.07, 6.45) is 2.64. The number of unbranched alkanes of at least 4 members (excludes halogenated alkanes) is 1. The van der Waals surface area contributed by atoms with E-state index < -0.39 is 0 Å². The van der Waals surface area contributed by atoms with E-state index in [9.17, 15) is 0 Å². The number of hydrogen-bond donors (Lipinski definition) is 0. The van der Waals surface area contributed by atoms with Gasteiger partial charge in [0, 0.05) is 6.04 Å². The van der Waals surface area contributed by atoms with Crippen LogP contribution in [0.5, 0.6) is 0 Å². The number of rotatable bonds is 2. The Hall–Kier alpha value is -0.0400. The van der Waals surface area contributed by atoms with Gasteiger partial charge in [-0.15, -0.1) is 0 Å². The van der Waals surface area contributed by atoms with E-state index in [1.54, 1.807) is 0 Å². The lowest BCUT2D eigenvalue weighted by atomic mass is 10.4. The van der Waals surface area contributed by atoms with E-state index in [0.717, 1.165) is 0 Å². The predicted octanol–water partition coefficient (Wildman–Crippen LogP) is 2.76. The quantitative estimate of drug-likeness (QED) is 0.577. The van der Waals surface area contributed by atoms with E-state index in [1.807, 2.05) is 0 Å². The van der Waals surface area contributed by atoms with Gasteiger partial charge in [-0.3, -0.25) is 0 Å². The molecule has 1 heteroatoms. The van der Waals surface area contributed by atoms with Gasteiger partial charge in [-0.2, -0.15) is 0 Å². The maximum atomic E-state index is 2.18. The highest BCUT2D eigenvalue weighted by Gasteiger charge is 1.90. The smallest absolute Gasteiger partial charge is 0.00324 e. The van der Waals surface area contributed by atoms with Crippen molar-refractivity contribution in [3.8, 4) is 0 Å². The van der Waals surface area contributed by atoms with Crippen molar-refractivity contribution < 1.29 is 0 Å². The van der Waals surface area contributed by atoms with E-state index in [-0.39, 0.29) is 0 Å². The lowest BCUT2D eigenvalue weighted by Crippen LogP contribution is -2.20. The molecule has 0 aliphatic carbocycles. The molecule has 0 aliphatic heterocycles. The second-order valence-electron chi connectivity index (χ2n) is 3.06. The second kappa shape index (κ2) is 8.96. The molecule has 0 saturated carbocycles. The molecule has 1 nitrogen and oxygen atoms in total. The summed E-state index contributed by atoms with van der Waals surface area (Å²) in [7, 11) is 4.15. The summed E-state index contributed by atoms with van der Waals surface area (Å²) in [5.41, 5.74) is 0. The molecule has 0 aliphatic rings. The molecule has 0 unspecified atom stereocenters. The highest BCUT2D eigenvalue weighted by Crippen LogP contribution is 1.84. The van der Waals surface area contributed by atoms with Gasteiger partial charge in [-0.25, -0.2) is 0 Å². The first-order valence-corrected chi connectivity index (χ1v) is 4.22. The third kappa shape index (κ3) is 15.7. The molecule has 0 saturated heterocycles. The van der Waals surface area contributed by atoms with Crippen LogP contribution in [0.15, 0.2) is 0 Å². The van der Waals surface area contributed by atoms with Crippen molar-refractivity contribution in [3.63, 3.8) is 0 Å². The molecule has 64 valence electrons. The van der Waals surface area contributed by atoms with Crippen LogP contribution < -0.4 is 0 Å². The maximum Gasteiger partial charge on any atom is 0.00324 e. The summed E-state index contributed by atoms with van der Waals surface area (Å²) in [4.78, 5) is 2.17. The van der Waals surface area contributed by atoms with E-state index >= 15 is 0 Å². The van der Waals surface area contributed by atoms with Gasteiger partial charge in [-0.05, 0) is 27.9 Å². The minimum absolute atomic E-state index is 0.685. The monoisotopic (exact) mass is 145 g/mol. The molecule has 0 aromatic carbocycles. The van der Waals surface area contributed by atoms with Crippen LogP contribution in [0, 0.1) is 0 Å². The largest absolute Gasteiger partial charge is 0.307 e. The molecule has 10 heavy (non-hydrogen) atoms. The van der Waals surface area contributed by atoms with Crippen molar-refractivity contribution in [1.29, 1.82) is 0 Å². The molecule has 0 radical (unpaired) electrons. The van der Waals surface area contributed by atoms with Crippen LogP contribution in [0.1, 0.15) is 40.5 Å². The minimum Gasteiger partial charge on any atom is -0.307 e. The Balaban J connectivity index is 0. The Kier molecular flexibility index (Phi) is 11.3. The third-order valence-corrected chi connectivity index (χ3v) is 1.53.